The molecule has 0 radical (unpaired) electrons. The third kappa shape index (κ3) is 7.54. The van der Waals surface area contributed by atoms with E-state index in [4.69, 9.17) is 5.50 Å². The van der Waals surface area contributed by atoms with E-state index in [1.54, 1.807) is 0 Å². The van der Waals surface area contributed by atoms with Crippen molar-refractivity contribution in [2.24, 2.45) is 10.0 Å². The number of carbonyl (C=O) groups is 2. The summed E-state index contributed by atoms with van der Waals surface area (Å²) in [6.07, 6.45) is 0. The molecule has 8 heteroatoms. The van der Waals surface area contributed by atoms with E-state index in [-0.39, 0.29) is 11.8 Å². The van der Waals surface area contributed by atoms with Crippen LogP contribution in [0.3, 0.4) is 0 Å². The summed E-state index contributed by atoms with van der Waals surface area (Å²) in [5.74, 6) is -0.419. The Labute approximate surface area is 73.1 Å². The Morgan fingerprint density at radius 2 is 2.00 bits per heavy atom. The quantitative estimate of drug-likeness (QED) is 0.588. The first-order valence-corrected chi connectivity index (χ1v) is 5.22. The largest absolute Gasteiger partial charge is 0.305 e. The number of nitrogens with zero attached hydrogens (tertiary/aromatic N) is 1. The molecule has 0 aliphatic carbocycles. The van der Waals surface area contributed by atoms with E-state index in [9.17, 15) is 9.59 Å². The highest BCUT2D eigenvalue weighted by Crippen LogP contribution is 2.24. The van der Waals surface area contributed by atoms with E-state index >= 15 is 0 Å². The number of amides is 2. The second-order valence-corrected chi connectivity index (χ2v) is 3.92. The lowest BCUT2D eigenvalue weighted by atomic mass is 10.8. The van der Waals surface area contributed by atoms with Crippen LogP contribution in [-0.2, 0) is 9.59 Å². The number of nitrogens with two attached hydrogens (primary N) is 1. The molecular weight excluding hydrogens is 198 g/mol. The van der Waals surface area contributed by atoms with Gasteiger partial charge in [0.2, 0.25) is 11.8 Å². The van der Waals surface area contributed by atoms with Crippen LogP contribution in [0.1, 0.15) is 13.8 Å². The van der Waals surface area contributed by atoms with Crippen molar-refractivity contribution >= 4 is 28.7 Å². The van der Waals surface area contributed by atoms with Gasteiger partial charge in [-0.05, 0) is 0 Å². The van der Waals surface area contributed by atoms with Crippen LogP contribution in [0.15, 0.2) is 4.52 Å². The molecule has 4 N–H and O–H groups in total. The smallest absolute Gasteiger partial charge is 0.225 e. The Balaban J connectivity index is 3.67. The summed E-state index contributed by atoms with van der Waals surface area (Å²) in [7, 11) is -0.986. The first-order chi connectivity index (χ1) is 5.52. The van der Waals surface area contributed by atoms with Gasteiger partial charge in [0.1, 0.15) is 8.52 Å². The van der Waals surface area contributed by atoms with Crippen molar-refractivity contribution in [3.05, 3.63) is 0 Å². The van der Waals surface area contributed by atoms with E-state index in [0.29, 0.717) is 8.52 Å². The molecule has 0 aromatic rings. The molecule has 0 aromatic carbocycles. The zero-order chi connectivity index (χ0) is 9.56. The second kappa shape index (κ2) is 6.00. The number of hydrogen-bond donors (Lipinski definition) is 3. The van der Waals surface area contributed by atoms with Crippen LogP contribution >= 0.6 is 16.9 Å². The molecule has 0 saturated carbocycles. The molecule has 0 saturated heterocycles. The fourth-order valence-corrected chi connectivity index (χ4v) is 1.53. The number of nitrogens with one attached hydrogen (secondary N) is 2. The third-order valence-corrected chi connectivity index (χ3v) is 2.71. The normalized spacial score (nSPS) is 12.6. The van der Waals surface area contributed by atoms with Crippen molar-refractivity contribution in [1.29, 1.82) is 0 Å². The minimum Gasteiger partial charge on any atom is -0.305 e. The van der Waals surface area contributed by atoms with Crippen molar-refractivity contribution in [2.75, 3.05) is 0 Å². The maximum Gasteiger partial charge on any atom is 0.225 e. The molecule has 0 heterocycles. The fourth-order valence-electron chi connectivity index (χ4n) is 0.325. The third-order valence-electron chi connectivity index (χ3n) is 0.621. The molecule has 12 heavy (non-hydrogen) atoms. The molecule has 1 unspecified atom stereocenters. The van der Waals surface area contributed by atoms with Crippen molar-refractivity contribution in [3.63, 3.8) is 0 Å². The summed E-state index contributed by atoms with van der Waals surface area (Å²) in [4.78, 5) is 20.8. The van der Waals surface area contributed by atoms with Crippen LogP contribution in [0, 0.1) is 0 Å². The van der Waals surface area contributed by atoms with Gasteiger partial charge in [0, 0.05) is 13.8 Å². The van der Waals surface area contributed by atoms with Gasteiger partial charge in [-0.1, -0.05) is 0 Å². The summed E-state index contributed by atoms with van der Waals surface area (Å²) in [5.41, 5.74) is 5.37. The first-order valence-electron chi connectivity index (χ1n) is 3.01. The van der Waals surface area contributed by atoms with Crippen molar-refractivity contribution < 1.29 is 9.59 Å². The van der Waals surface area contributed by atoms with Gasteiger partial charge in [-0.25, -0.2) is 0 Å². The molecule has 1 atom stereocenters. The van der Waals surface area contributed by atoms with Crippen molar-refractivity contribution in [1.82, 2.24) is 10.2 Å². The fraction of sp³-hybridized carbons (Fsp3) is 0.500. The second-order valence-electron chi connectivity index (χ2n) is 1.87. The van der Waals surface area contributed by atoms with E-state index in [2.05, 4.69) is 14.7 Å². The zero-order valence-corrected chi connectivity index (χ0v) is 8.52. The van der Waals surface area contributed by atoms with Gasteiger partial charge in [0.05, 0.1) is 0 Å². The summed E-state index contributed by atoms with van der Waals surface area (Å²) in [6.45, 7) is 2.73. The van der Waals surface area contributed by atoms with Gasteiger partial charge in [0.15, 0.2) is 8.37 Å². The van der Waals surface area contributed by atoms with E-state index in [1.165, 1.54) is 13.8 Å². The van der Waals surface area contributed by atoms with Crippen molar-refractivity contribution in [2.45, 2.75) is 13.8 Å². The van der Waals surface area contributed by atoms with Gasteiger partial charge in [0.25, 0.3) is 0 Å². The van der Waals surface area contributed by atoms with E-state index < -0.39 is 8.37 Å². The minimum absolute atomic E-state index is 0.188. The van der Waals surface area contributed by atoms with Gasteiger partial charge in [-0.3, -0.25) is 20.2 Å². The van der Waals surface area contributed by atoms with Gasteiger partial charge in [-0.2, -0.15) is 4.52 Å². The average Bonchev–Trinajstić information content (AvgIpc) is 1.84. The Morgan fingerprint density at radius 1 is 1.42 bits per heavy atom. The van der Waals surface area contributed by atoms with E-state index in [1.807, 2.05) is 0 Å². The Bertz CT molecular complexity index is 207. The molecule has 0 fully saturated rings. The molecule has 0 aliphatic rings. The lowest BCUT2D eigenvalue weighted by Crippen LogP contribution is -2.16. The molecular formula is C4H10N4O2P2. The Kier molecular flexibility index (Phi) is 5.72. The number of rotatable bonds is 3. The molecule has 0 aliphatic heterocycles. The van der Waals surface area contributed by atoms with Crippen LogP contribution in [-0.4, -0.2) is 11.8 Å². The van der Waals surface area contributed by atoms with Gasteiger partial charge >= 0.3 is 0 Å². The summed E-state index contributed by atoms with van der Waals surface area (Å²) >= 11 is 0. The monoisotopic (exact) mass is 208 g/mol. The maximum absolute atomic E-state index is 10.4. The maximum atomic E-state index is 10.4. The molecule has 0 aromatic heterocycles. The van der Waals surface area contributed by atoms with Gasteiger partial charge in [-0.15, -0.1) is 0 Å². The predicted molar refractivity (Wildman–Crippen MR) is 48.1 cm³/mol. The van der Waals surface area contributed by atoms with Crippen LogP contribution in [0.25, 0.3) is 0 Å². The van der Waals surface area contributed by atoms with Gasteiger partial charge < -0.3 is 5.09 Å². The Morgan fingerprint density at radius 3 is 2.42 bits per heavy atom. The SMILES string of the molecule is CC(=O)NP=NP(N)NC(C)=O. The average molecular weight is 208 g/mol. The highest BCUT2D eigenvalue weighted by molar-refractivity contribution is 7.56. The lowest BCUT2D eigenvalue weighted by Gasteiger charge is -2.03. The highest BCUT2D eigenvalue weighted by Gasteiger charge is 1.99. The lowest BCUT2D eigenvalue weighted by molar-refractivity contribution is -0.118. The first kappa shape index (κ1) is 11.4. The topological polar surface area (TPSA) is 96.6 Å². The summed E-state index contributed by atoms with van der Waals surface area (Å²) in [5, 5.41) is 4.80. The van der Waals surface area contributed by atoms with E-state index in [0.717, 1.165) is 0 Å². The summed E-state index contributed by atoms with van der Waals surface area (Å²) in [6, 6.07) is 0. The molecule has 68 valence electrons. The summed E-state index contributed by atoms with van der Waals surface area (Å²) < 4.78 is 3.76. The highest BCUT2D eigenvalue weighted by atomic mass is 31.2. The zero-order valence-electron chi connectivity index (χ0n) is 6.74. The van der Waals surface area contributed by atoms with Crippen LogP contribution in [0.2, 0.25) is 0 Å². The van der Waals surface area contributed by atoms with Crippen LogP contribution in [0.5, 0.6) is 0 Å². The van der Waals surface area contributed by atoms with Crippen LogP contribution in [0.4, 0.5) is 0 Å². The molecule has 2 amide bonds. The Hall–Kier alpha value is -0.570. The number of carbonyl (C=O) groups excluding carboxylic acids is 2. The van der Waals surface area contributed by atoms with Crippen LogP contribution < -0.4 is 15.7 Å². The van der Waals surface area contributed by atoms with Crippen molar-refractivity contribution in [3.8, 4) is 0 Å². The molecule has 0 rings (SSSR count). The standard InChI is InChI=1S/C4H10N4O2P2/c1-3(9)6-11-8-12(5)7-4(2)10/h5H2,1-2H3,(H,7,10)(H,6,8,9). The minimum atomic E-state index is -1.35. The molecule has 6 nitrogen and oxygen atoms in total. The predicted octanol–water partition coefficient (Wildman–Crippen LogP) is 0.489. The molecule has 0 bridgehead atoms. The number of hydrogen-bond acceptors (Lipinski definition) is 4. The molecule has 0 spiro atoms.